The number of ether oxygens (including phenoxy) is 5. The topological polar surface area (TPSA) is 144 Å². The SMILES string of the molecule is CO[C@H]1C[C@H](CC[C@H](C)[C@H](O)[C@H](C)[C@H]2OC(=O)/C=C/C(C)=C/C[C@H](O)C[C@@H]3C=CC[C@@H](C[C@H](OC)[C@@H](C)[C@@H](O)C[C@@H](O)[C@@H]2C)O3)O[C@@H](C)C1. The average molecular weight is 695 g/mol. The smallest absolute Gasteiger partial charge is 0.331 e. The fraction of sp³-hybridized carbons (Fsp3) is 0.821. The highest BCUT2D eigenvalue weighted by Gasteiger charge is 2.39. The van der Waals surface area contributed by atoms with Crippen molar-refractivity contribution in [2.45, 2.75) is 166 Å². The molecule has 0 saturated carbocycles. The van der Waals surface area contributed by atoms with E-state index in [1.54, 1.807) is 27.2 Å². The Hall–Kier alpha value is -1.63. The lowest BCUT2D eigenvalue weighted by atomic mass is 9.78. The van der Waals surface area contributed by atoms with Gasteiger partial charge in [-0.15, -0.1) is 0 Å². The number of hydrogen-bond acceptors (Lipinski definition) is 10. The predicted molar refractivity (Wildman–Crippen MR) is 189 cm³/mol. The molecule has 1 fully saturated rings. The quantitative estimate of drug-likeness (QED) is 0.201. The molecule has 4 N–H and O–H groups in total. The highest BCUT2D eigenvalue weighted by Crippen LogP contribution is 2.33. The first-order chi connectivity index (χ1) is 23.2. The maximum atomic E-state index is 13.2. The van der Waals surface area contributed by atoms with Gasteiger partial charge >= 0.3 is 5.97 Å². The first kappa shape index (κ1) is 41.8. The Morgan fingerprint density at radius 3 is 2.31 bits per heavy atom. The summed E-state index contributed by atoms with van der Waals surface area (Å²) in [7, 11) is 3.35. The summed E-state index contributed by atoms with van der Waals surface area (Å²) in [6, 6.07) is 0. The van der Waals surface area contributed by atoms with E-state index in [0.717, 1.165) is 24.8 Å². The number of carbonyl (C=O) groups is 1. The van der Waals surface area contributed by atoms with Gasteiger partial charge in [-0.05, 0) is 64.7 Å². The van der Waals surface area contributed by atoms with E-state index >= 15 is 0 Å². The summed E-state index contributed by atoms with van der Waals surface area (Å²) in [6.45, 7) is 11.5. The normalized spacial score (nSPS) is 41.1. The van der Waals surface area contributed by atoms with Gasteiger partial charge in [0.15, 0.2) is 0 Å². The molecule has 0 spiro atoms. The van der Waals surface area contributed by atoms with Gasteiger partial charge in [0.1, 0.15) is 6.10 Å². The maximum Gasteiger partial charge on any atom is 0.331 e. The summed E-state index contributed by atoms with van der Waals surface area (Å²) in [4.78, 5) is 13.2. The Morgan fingerprint density at radius 2 is 1.61 bits per heavy atom. The molecule has 3 aliphatic rings. The van der Waals surface area contributed by atoms with Crippen molar-refractivity contribution < 1.29 is 48.9 Å². The van der Waals surface area contributed by atoms with Crippen molar-refractivity contribution in [3.05, 3.63) is 36.0 Å². The van der Waals surface area contributed by atoms with Crippen molar-refractivity contribution in [1.82, 2.24) is 0 Å². The zero-order valence-electron chi connectivity index (χ0n) is 31.1. The highest BCUT2D eigenvalue weighted by molar-refractivity contribution is 5.82. The molecule has 49 heavy (non-hydrogen) atoms. The third-order valence-electron chi connectivity index (χ3n) is 11.1. The molecule has 10 heteroatoms. The summed E-state index contributed by atoms with van der Waals surface area (Å²) in [6.07, 6.45) is 9.69. The molecule has 0 aromatic rings. The molecule has 282 valence electrons. The molecule has 3 heterocycles. The average Bonchev–Trinajstić information content (AvgIpc) is 3.08. The van der Waals surface area contributed by atoms with Gasteiger partial charge in [-0.2, -0.15) is 0 Å². The van der Waals surface area contributed by atoms with Crippen molar-refractivity contribution in [3.63, 3.8) is 0 Å². The molecule has 15 atom stereocenters. The minimum Gasteiger partial charge on any atom is -0.458 e. The van der Waals surface area contributed by atoms with Gasteiger partial charge in [-0.25, -0.2) is 4.79 Å². The summed E-state index contributed by atoms with van der Waals surface area (Å²) in [5.74, 6) is -2.14. The number of aliphatic hydroxyl groups is 4. The first-order valence-corrected chi connectivity index (χ1v) is 18.5. The Labute approximate surface area is 294 Å². The molecule has 0 aliphatic carbocycles. The third-order valence-corrected chi connectivity index (χ3v) is 11.1. The van der Waals surface area contributed by atoms with Crippen LogP contribution in [-0.2, 0) is 28.5 Å². The van der Waals surface area contributed by atoms with Crippen LogP contribution in [0.1, 0.15) is 99.3 Å². The first-order valence-electron chi connectivity index (χ1n) is 18.5. The number of cyclic esters (lactones) is 1. The van der Waals surface area contributed by atoms with Gasteiger partial charge in [0.05, 0.1) is 61.0 Å². The molecule has 10 nitrogen and oxygen atoms in total. The van der Waals surface area contributed by atoms with E-state index in [4.69, 9.17) is 23.7 Å². The lowest BCUT2D eigenvalue weighted by Gasteiger charge is -2.38. The number of allylic oxidation sites excluding steroid dienone is 2. The second-order valence-corrected chi connectivity index (χ2v) is 15.2. The van der Waals surface area contributed by atoms with Crippen molar-refractivity contribution >= 4 is 5.97 Å². The van der Waals surface area contributed by atoms with Crippen molar-refractivity contribution in [3.8, 4) is 0 Å². The number of hydrogen-bond donors (Lipinski definition) is 4. The van der Waals surface area contributed by atoms with Gasteiger partial charge < -0.3 is 44.1 Å². The van der Waals surface area contributed by atoms with Crippen LogP contribution in [0.3, 0.4) is 0 Å². The van der Waals surface area contributed by atoms with Gasteiger partial charge in [0, 0.05) is 50.9 Å². The standard InChI is InChI=1S/C39H66O10/c1-23-12-15-29(40)19-30-10-9-11-31(48-30)21-36(46-8)26(4)34(41)22-35(42)27(5)39(49-37(43)17-13-23)28(6)38(44)24(2)14-16-32-20-33(45-7)18-25(3)47-32/h9-10,12-13,17,24-36,38-42,44H,11,14-16,18-22H2,1-8H3/b17-13+,23-12+/t24-,25-,26-,27-,28-,29-,30-,31-,32-,33+,34-,35+,36-,38-,39-/m0/s1. The zero-order valence-corrected chi connectivity index (χ0v) is 31.1. The monoisotopic (exact) mass is 694 g/mol. The van der Waals surface area contributed by atoms with E-state index < -0.39 is 48.3 Å². The molecule has 0 aromatic heterocycles. The van der Waals surface area contributed by atoms with Crippen LogP contribution in [0.2, 0.25) is 0 Å². The number of methoxy groups -OCH3 is 2. The van der Waals surface area contributed by atoms with Crippen molar-refractivity contribution in [2.24, 2.45) is 23.7 Å². The van der Waals surface area contributed by atoms with Crippen LogP contribution in [0.15, 0.2) is 36.0 Å². The van der Waals surface area contributed by atoms with E-state index in [1.165, 1.54) is 6.08 Å². The molecule has 0 radical (unpaired) electrons. The molecular formula is C39H66O10. The molecule has 0 amide bonds. The Balaban J connectivity index is 1.80. The number of fused-ring (bicyclic) bond motifs is 2. The molecule has 0 unspecified atom stereocenters. The third kappa shape index (κ3) is 13.1. The summed E-state index contributed by atoms with van der Waals surface area (Å²) >= 11 is 0. The maximum absolute atomic E-state index is 13.2. The lowest BCUT2D eigenvalue weighted by molar-refractivity contribution is -0.157. The number of carbonyl (C=O) groups excluding carboxylic acids is 1. The van der Waals surface area contributed by atoms with Crippen LogP contribution in [-0.4, -0.2) is 108 Å². The predicted octanol–water partition coefficient (Wildman–Crippen LogP) is 5.05. The molecule has 3 rings (SSSR count). The van der Waals surface area contributed by atoms with E-state index in [9.17, 15) is 25.2 Å². The van der Waals surface area contributed by atoms with Crippen molar-refractivity contribution in [2.75, 3.05) is 14.2 Å². The fourth-order valence-corrected chi connectivity index (χ4v) is 7.67. The molecular weight excluding hydrogens is 628 g/mol. The zero-order chi connectivity index (χ0) is 36.2. The van der Waals surface area contributed by atoms with Crippen LogP contribution in [0.4, 0.5) is 0 Å². The molecule has 3 aliphatic heterocycles. The van der Waals surface area contributed by atoms with Gasteiger partial charge in [0.25, 0.3) is 0 Å². The lowest BCUT2D eigenvalue weighted by Crippen LogP contribution is -2.45. The minimum absolute atomic E-state index is 0.0460. The molecule has 0 aromatic carbocycles. The highest BCUT2D eigenvalue weighted by atomic mass is 16.5. The second kappa shape index (κ2) is 20.4. The van der Waals surface area contributed by atoms with E-state index in [-0.39, 0.29) is 54.9 Å². The summed E-state index contributed by atoms with van der Waals surface area (Å²) < 4.78 is 29.9. The van der Waals surface area contributed by atoms with Gasteiger partial charge in [-0.1, -0.05) is 57.6 Å². The van der Waals surface area contributed by atoms with Crippen LogP contribution in [0.25, 0.3) is 0 Å². The fourth-order valence-electron chi connectivity index (χ4n) is 7.67. The Morgan fingerprint density at radius 1 is 0.898 bits per heavy atom. The van der Waals surface area contributed by atoms with Crippen LogP contribution in [0, 0.1) is 23.7 Å². The van der Waals surface area contributed by atoms with Crippen LogP contribution in [0.5, 0.6) is 0 Å². The van der Waals surface area contributed by atoms with E-state index in [1.807, 2.05) is 39.8 Å². The van der Waals surface area contributed by atoms with E-state index in [2.05, 4.69) is 13.0 Å². The minimum atomic E-state index is -1.02. The number of esters is 1. The Kier molecular flexibility index (Phi) is 17.4. The summed E-state index contributed by atoms with van der Waals surface area (Å²) in [5, 5.41) is 45.1. The molecule has 1 saturated heterocycles. The largest absolute Gasteiger partial charge is 0.458 e. The number of aliphatic hydroxyl groups excluding tert-OH is 4. The van der Waals surface area contributed by atoms with Gasteiger partial charge in [0.2, 0.25) is 0 Å². The Bertz CT molecular complexity index is 1080. The van der Waals surface area contributed by atoms with Crippen LogP contribution >= 0.6 is 0 Å². The van der Waals surface area contributed by atoms with Crippen molar-refractivity contribution in [1.29, 1.82) is 0 Å². The second-order valence-electron chi connectivity index (χ2n) is 15.2. The number of rotatable bonds is 8. The molecule has 2 bridgehead atoms. The van der Waals surface area contributed by atoms with Gasteiger partial charge in [-0.3, -0.25) is 0 Å². The van der Waals surface area contributed by atoms with Crippen LogP contribution < -0.4 is 0 Å². The van der Waals surface area contributed by atoms with E-state index in [0.29, 0.717) is 32.1 Å². The summed E-state index contributed by atoms with van der Waals surface area (Å²) in [5.41, 5.74) is 0.796.